The molecule has 1 aromatic heterocycles. The number of hydrogen-bond acceptors (Lipinski definition) is 6. The Morgan fingerprint density at radius 2 is 2.07 bits per heavy atom. The second-order valence-corrected chi connectivity index (χ2v) is 6.36. The van der Waals surface area contributed by atoms with Gasteiger partial charge < -0.3 is 10.6 Å². The van der Waals surface area contributed by atoms with Crippen molar-refractivity contribution in [1.29, 1.82) is 0 Å². The zero-order chi connectivity index (χ0) is 19.2. The van der Waals surface area contributed by atoms with Crippen LogP contribution in [0.4, 0.5) is 11.5 Å². The van der Waals surface area contributed by atoms with E-state index in [-0.39, 0.29) is 12.4 Å². The molecule has 8 heteroatoms. The van der Waals surface area contributed by atoms with Crippen LogP contribution < -0.4 is 10.6 Å². The van der Waals surface area contributed by atoms with E-state index in [0.29, 0.717) is 22.3 Å². The molecule has 1 atom stereocenters. The molecular weight excluding hydrogens is 366 g/mol. The van der Waals surface area contributed by atoms with Crippen molar-refractivity contribution in [2.24, 2.45) is 5.18 Å². The fourth-order valence-corrected chi connectivity index (χ4v) is 2.83. The fraction of sp³-hybridized carbons (Fsp3) is 0.211. The molecule has 0 saturated heterocycles. The van der Waals surface area contributed by atoms with E-state index in [9.17, 15) is 9.70 Å². The molecule has 1 heterocycles. The Kier molecular flexibility index (Phi) is 5.93. The average Bonchev–Trinajstić information content (AvgIpc) is 2.67. The molecule has 3 rings (SSSR count). The number of nitrogens with zero attached hydrogens (tertiary/aromatic N) is 3. The van der Waals surface area contributed by atoms with Crippen molar-refractivity contribution in [3.63, 3.8) is 0 Å². The van der Waals surface area contributed by atoms with E-state index in [1.807, 2.05) is 31.2 Å². The molecule has 2 aromatic carbocycles. The summed E-state index contributed by atoms with van der Waals surface area (Å²) in [5.74, 6) is 0.348. The standard InChI is InChI=1S/C19H18ClN5O2/c1-12-3-2-4-14(9-12)24-18-15-10-13(5-6-16(15)22-11-23-18)17(25-27)19(26)21-8-7-20/h2-6,9-11,17H,7-8H2,1H3,(H,21,26)(H,22,23,24). The van der Waals surface area contributed by atoms with Crippen LogP contribution in [0.2, 0.25) is 0 Å². The fourth-order valence-electron chi connectivity index (χ4n) is 2.73. The van der Waals surface area contributed by atoms with Crippen LogP contribution in [0.3, 0.4) is 0 Å². The number of halogens is 1. The third-order valence-electron chi connectivity index (χ3n) is 4.00. The summed E-state index contributed by atoms with van der Waals surface area (Å²) in [6.45, 7) is 2.27. The molecule has 0 saturated carbocycles. The number of nitrogens with one attached hydrogen (secondary N) is 2. The Balaban J connectivity index is 1.98. The maximum atomic E-state index is 12.2. The summed E-state index contributed by atoms with van der Waals surface area (Å²) in [5, 5.41) is 9.50. The highest BCUT2D eigenvalue weighted by atomic mass is 35.5. The third kappa shape index (κ3) is 4.38. The first-order chi connectivity index (χ1) is 13.1. The van der Waals surface area contributed by atoms with Crippen molar-refractivity contribution in [2.75, 3.05) is 17.7 Å². The van der Waals surface area contributed by atoms with E-state index in [0.717, 1.165) is 11.3 Å². The number of aromatic nitrogens is 2. The molecule has 0 aliphatic rings. The van der Waals surface area contributed by atoms with Crippen molar-refractivity contribution < 1.29 is 4.79 Å². The molecule has 0 aliphatic heterocycles. The van der Waals surface area contributed by atoms with Gasteiger partial charge in [0.2, 0.25) is 0 Å². The van der Waals surface area contributed by atoms with Gasteiger partial charge in [-0.2, -0.15) is 0 Å². The average molecular weight is 384 g/mol. The van der Waals surface area contributed by atoms with Crippen LogP contribution >= 0.6 is 11.6 Å². The number of carbonyl (C=O) groups excluding carboxylic acids is 1. The molecule has 7 nitrogen and oxygen atoms in total. The molecular formula is C19H18ClN5O2. The zero-order valence-corrected chi connectivity index (χ0v) is 15.4. The van der Waals surface area contributed by atoms with Crippen molar-refractivity contribution in [1.82, 2.24) is 15.3 Å². The first-order valence-corrected chi connectivity index (χ1v) is 8.90. The lowest BCUT2D eigenvalue weighted by atomic mass is 10.0. The molecule has 138 valence electrons. The highest BCUT2D eigenvalue weighted by molar-refractivity contribution is 6.18. The smallest absolute Gasteiger partial charge is 0.253 e. The summed E-state index contributed by atoms with van der Waals surface area (Å²) < 4.78 is 0. The van der Waals surface area contributed by atoms with Gasteiger partial charge in [-0.1, -0.05) is 23.4 Å². The Morgan fingerprint density at radius 1 is 1.22 bits per heavy atom. The number of nitroso groups, excluding NO2 is 1. The van der Waals surface area contributed by atoms with E-state index in [1.54, 1.807) is 18.2 Å². The van der Waals surface area contributed by atoms with Gasteiger partial charge in [-0.15, -0.1) is 16.5 Å². The molecule has 0 bridgehead atoms. The van der Waals surface area contributed by atoms with E-state index in [4.69, 9.17) is 11.6 Å². The number of fused-ring (bicyclic) bond motifs is 1. The number of hydrogen-bond donors (Lipinski definition) is 2. The molecule has 0 aliphatic carbocycles. The van der Waals surface area contributed by atoms with Crippen LogP contribution in [0.5, 0.6) is 0 Å². The summed E-state index contributed by atoms with van der Waals surface area (Å²) in [4.78, 5) is 32.0. The third-order valence-corrected chi connectivity index (χ3v) is 4.19. The minimum atomic E-state index is -1.16. The number of rotatable bonds is 7. The SMILES string of the molecule is Cc1cccc(Nc2ncnc3ccc(C(N=O)C(=O)NCCCl)cc23)c1. The van der Waals surface area contributed by atoms with Crippen molar-refractivity contribution in [2.45, 2.75) is 13.0 Å². The Hall–Kier alpha value is -3.06. The minimum Gasteiger partial charge on any atom is -0.353 e. The first kappa shape index (κ1) is 18.7. The molecule has 1 amide bonds. The van der Waals surface area contributed by atoms with Gasteiger partial charge >= 0.3 is 0 Å². The summed E-state index contributed by atoms with van der Waals surface area (Å²) >= 11 is 5.58. The quantitative estimate of drug-likeness (QED) is 0.477. The van der Waals surface area contributed by atoms with Crippen molar-refractivity contribution in [3.8, 4) is 0 Å². The van der Waals surface area contributed by atoms with E-state index >= 15 is 0 Å². The van der Waals surface area contributed by atoms with E-state index in [2.05, 4.69) is 25.8 Å². The first-order valence-electron chi connectivity index (χ1n) is 8.37. The summed E-state index contributed by atoms with van der Waals surface area (Å²) in [7, 11) is 0. The van der Waals surface area contributed by atoms with Gasteiger partial charge in [-0.05, 0) is 42.3 Å². The number of anilines is 2. The number of amides is 1. The number of aryl methyl sites for hydroxylation is 1. The Labute approximate surface area is 161 Å². The van der Waals surface area contributed by atoms with Gasteiger partial charge in [0.15, 0.2) is 6.04 Å². The lowest BCUT2D eigenvalue weighted by Crippen LogP contribution is -2.29. The van der Waals surface area contributed by atoms with Crippen LogP contribution in [0.1, 0.15) is 17.2 Å². The van der Waals surface area contributed by atoms with E-state index < -0.39 is 11.9 Å². The minimum absolute atomic E-state index is 0.257. The highest BCUT2D eigenvalue weighted by Crippen LogP contribution is 2.27. The predicted octanol–water partition coefficient (Wildman–Crippen LogP) is 3.84. The normalized spacial score (nSPS) is 11.8. The molecule has 27 heavy (non-hydrogen) atoms. The van der Waals surface area contributed by atoms with Crippen LogP contribution in [-0.4, -0.2) is 28.3 Å². The van der Waals surface area contributed by atoms with Gasteiger partial charge in [0.25, 0.3) is 5.91 Å². The second-order valence-electron chi connectivity index (χ2n) is 5.98. The summed E-state index contributed by atoms with van der Waals surface area (Å²) in [6.07, 6.45) is 1.46. The maximum absolute atomic E-state index is 12.2. The van der Waals surface area contributed by atoms with Crippen LogP contribution in [0.15, 0.2) is 54.0 Å². The van der Waals surface area contributed by atoms with Gasteiger partial charge in [0, 0.05) is 23.5 Å². The number of alkyl halides is 1. The van der Waals surface area contributed by atoms with Crippen molar-refractivity contribution in [3.05, 3.63) is 64.8 Å². The van der Waals surface area contributed by atoms with Gasteiger partial charge in [-0.25, -0.2) is 9.97 Å². The monoisotopic (exact) mass is 383 g/mol. The van der Waals surface area contributed by atoms with Gasteiger partial charge in [0.05, 0.1) is 5.52 Å². The molecule has 0 spiro atoms. The summed E-state index contributed by atoms with van der Waals surface area (Å²) in [5.41, 5.74) is 3.15. The predicted molar refractivity (Wildman–Crippen MR) is 106 cm³/mol. The van der Waals surface area contributed by atoms with Crippen LogP contribution in [-0.2, 0) is 4.79 Å². The topological polar surface area (TPSA) is 96.3 Å². The highest BCUT2D eigenvalue weighted by Gasteiger charge is 2.22. The van der Waals surface area contributed by atoms with Crippen LogP contribution in [0, 0.1) is 11.8 Å². The zero-order valence-electron chi connectivity index (χ0n) is 14.6. The van der Waals surface area contributed by atoms with Gasteiger partial charge in [0.1, 0.15) is 12.1 Å². The second kappa shape index (κ2) is 8.55. The molecule has 1 unspecified atom stereocenters. The van der Waals surface area contributed by atoms with Crippen molar-refractivity contribution >= 4 is 39.9 Å². The summed E-state index contributed by atoms with van der Waals surface area (Å²) in [6, 6.07) is 11.8. The van der Waals surface area contributed by atoms with E-state index in [1.165, 1.54) is 6.33 Å². The molecule has 0 fully saturated rings. The lowest BCUT2D eigenvalue weighted by molar-refractivity contribution is -0.122. The maximum Gasteiger partial charge on any atom is 0.253 e. The molecule has 3 aromatic rings. The Morgan fingerprint density at radius 3 is 2.81 bits per heavy atom. The molecule has 0 radical (unpaired) electrons. The number of carbonyl (C=O) groups is 1. The largest absolute Gasteiger partial charge is 0.353 e. The van der Waals surface area contributed by atoms with Crippen LogP contribution in [0.25, 0.3) is 10.9 Å². The Bertz CT molecular complexity index is 979. The van der Waals surface area contributed by atoms with Gasteiger partial charge in [-0.3, -0.25) is 4.79 Å². The number of benzene rings is 2. The molecule has 2 N–H and O–H groups in total. The lowest BCUT2D eigenvalue weighted by Gasteiger charge is -2.13.